The molecule has 1 aliphatic heterocycles. The van der Waals surface area contributed by atoms with Gasteiger partial charge in [-0.05, 0) is 48.7 Å². The topological polar surface area (TPSA) is 29.2 Å². The summed E-state index contributed by atoms with van der Waals surface area (Å²) < 4.78 is 5.17. The van der Waals surface area contributed by atoms with Crippen LogP contribution < -0.4 is 0 Å². The minimum absolute atomic E-state index is 0.581. The summed E-state index contributed by atoms with van der Waals surface area (Å²) in [6, 6.07) is 19.3. The van der Waals surface area contributed by atoms with Gasteiger partial charge in [0.15, 0.2) is 4.77 Å². The highest BCUT2D eigenvalue weighted by molar-refractivity contribution is 7.71. The number of nitrogens with zero attached hydrogens (tertiary/aromatic N) is 5. The van der Waals surface area contributed by atoms with Crippen molar-refractivity contribution in [3.8, 4) is 0 Å². The summed E-state index contributed by atoms with van der Waals surface area (Å²) in [7, 11) is 0. The molecule has 1 saturated heterocycles. The maximum Gasteiger partial charge on any atom is 0.199 e. The Labute approximate surface area is 189 Å². The van der Waals surface area contributed by atoms with Crippen molar-refractivity contribution >= 4 is 12.2 Å². The van der Waals surface area contributed by atoms with Gasteiger partial charge in [0, 0.05) is 38.6 Å². The van der Waals surface area contributed by atoms with E-state index in [1.807, 2.05) is 0 Å². The summed E-state index contributed by atoms with van der Waals surface area (Å²) in [5.74, 6) is 1.75. The van der Waals surface area contributed by atoms with E-state index in [-0.39, 0.29) is 0 Å². The van der Waals surface area contributed by atoms with Crippen LogP contribution in [0, 0.1) is 11.7 Å². The predicted molar refractivity (Wildman–Crippen MR) is 127 cm³/mol. The highest BCUT2D eigenvalue weighted by Gasteiger charge is 2.30. The van der Waals surface area contributed by atoms with Crippen molar-refractivity contribution in [1.82, 2.24) is 24.1 Å². The van der Waals surface area contributed by atoms with Gasteiger partial charge in [-0.25, -0.2) is 4.68 Å². The average Bonchev–Trinajstić information content (AvgIpc) is 3.59. The van der Waals surface area contributed by atoms with E-state index in [1.54, 1.807) is 0 Å². The van der Waals surface area contributed by atoms with E-state index in [4.69, 9.17) is 17.3 Å². The van der Waals surface area contributed by atoms with Gasteiger partial charge in [0.1, 0.15) is 5.82 Å². The van der Waals surface area contributed by atoms with Gasteiger partial charge in [-0.2, -0.15) is 5.10 Å². The maximum atomic E-state index is 5.88. The summed E-state index contributed by atoms with van der Waals surface area (Å²) in [5, 5.41) is 4.98. The monoisotopic (exact) mass is 433 g/mol. The van der Waals surface area contributed by atoms with Gasteiger partial charge in [-0.3, -0.25) is 14.4 Å². The van der Waals surface area contributed by atoms with Gasteiger partial charge in [0.25, 0.3) is 0 Å². The SMILES string of the molecule is Cc1ccccc1CN1CCN(Cn2nc(C3CC3)n(Cc3ccccc3)c2=S)CC1. The van der Waals surface area contributed by atoms with Crippen LogP contribution in [0.2, 0.25) is 0 Å². The van der Waals surface area contributed by atoms with E-state index >= 15 is 0 Å². The molecule has 0 bridgehead atoms. The van der Waals surface area contributed by atoms with Crippen molar-refractivity contribution < 1.29 is 0 Å². The first-order chi connectivity index (χ1) is 15.2. The molecule has 31 heavy (non-hydrogen) atoms. The average molecular weight is 434 g/mol. The number of aromatic nitrogens is 3. The van der Waals surface area contributed by atoms with E-state index in [2.05, 4.69) is 80.6 Å². The zero-order chi connectivity index (χ0) is 21.2. The fourth-order valence-corrected chi connectivity index (χ4v) is 4.67. The van der Waals surface area contributed by atoms with Gasteiger partial charge in [-0.1, -0.05) is 54.6 Å². The molecule has 5 rings (SSSR count). The van der Waals surface area contributed by atoms with Crippen molar-refractivity contribution in [3.63, 3.8) is 0 Å². The molecule has 1 aromatic heterocycles. The molecular weight excluding hydrogens is 402 g/mol. The first-order valence-electron chi connectivity index (χ1n) is 11.4. The molecular formula is C25H31N5S. The molecule has 2 fully saturated rings. The highest BCUT2D eigenvalue weighted by Crippen LogP contribution is 2.39. The second kappa shape index (κ2) is 9.07. The zero-order valence-corrected chi connectivity index (χ0v) is 19.1. The number of aryl methyl sites for hydroxylation is 1. The zero-order valence-electron chi connectivity index (χ0n) is 18.3. The lowest BCUT2D eigenvalue weighted by atomic mass is 10.1. The minimum Gasteiger partial charge on any atom is -0.299 e. The third-order valence-electron chi connectivity index (χ3n) is 6.53. The molecule has 0 amide bonds. The lowest BCUT2D eigenvalue weighted by Gasteiger charge is -2.34. The van der Waals surface area contributed by atoms with Crippen LogP contribution in [-0.2, 0) is 19.8 Å². The Hall–Kier alpha value is -2.28. The number of rotatable bonds is 7. The minimum atomic E-state index is 0.581. The molecule has 6 heteroatoms. The molecule has 0 atom stereocenters. The first kappa shape index (κ1) is 20.6. The van der Waals surface area contributed by atoms with Crippen molar-refractivity contribution in [2.45, 2.75) is 45.4 Å². The lowest BCUT2D eigenvalue weighted by molar-refractivity contribution is 0.0978. The molecule has 3 aromatic rings. The van der Waals surface area contributed by atoms with Gasteiger partial charge in [-0.15, -0.1) is 0 Å². The van der Waals surface area contributed by atoms with Crippen molar-refractivity contribution in [1.29, 1.82) is 0 Å². The number of benzene rings is 2. The van der Waals surface area contributed by atoms with Gasteiger partial charge in [0.2, 0.25) is 0 Å². The first-order valence-corrected chi connectivity index (χ1v) is 11.8. The van der Waals surface area contributed by atoms with Crippen LogP contribution in [0.25, 0.3) is 0 Å². The van der Waals surface area contributed by atoms with Crippen LogP contribution in [0.5, 0.6) is 0 Å². The van der Waals surface area contributed by atoms with Gasteiger partial charge in [0.05, 0.1) is 13.2 Å². The van der Waals surface area contributed by atoms with Gasteiger partial charge >= 0.3 is 0 Å². The molecule has 2 aromatic carbocycles. The Morgan fingerprint density at radius 2 is 1.55 bits per heavy atom. The second-order valence-corrected chi connectivity index (χ2v) is 9.31. The Balaban J connectivity index is 1.24. The highest BCUT2D eigenvalue weighted by atomic mass is 32.1. The Morgan fingerprint density at radius 3 is 2.26 bits per heavy atom. The van der Waals surface area contributed by atoms with Crippen molar-refractivity contribution in [2.24, 2.45) is 0 Å². The Bertz CT molecular complexity index is 1070. The number of piperazine rings is 1. The van der Waals surface area contributed by atoms with Crippen LogP contribution in [-0.4, -0.2) is 50.3 Å². The molecule has 0 spiro atoms. The summed E-state index contributed by atoms with van der Waals surface area (Å²) in [6.45, 7) is 9.13. The van der Waals surface area contributed by atoms with E-state index in [1.165, 1.54) is 35.4 Å². The quantitative estimate of drug-likeness (QED) is 0.516. The Morgan fingerprint density at radius 1 is 0.871 bits per heavy atom. The summed E-state index contributed by atoms with van der Waals surface area (Å²) in [6.07, 6.45) is 2.47. The molecule has 0 unspecified atom stereocenters. The summed E-state index contributed by atoms with van der Waals surface area (Å²) >= 11 is 5.88. The number of hydrogen-bond acceptors (Lipinski definition) is 4. The van der Waals surface area contributed by atoms with E-state index in [0.29, 0.717) is 5.92 Å². The van der Waals surface area contributed by atoms with Crippen LogP contribution in [0.4, 0.5) is 0 Å². The third kappa shape index (κ3) is 4.81. The second-order valence-electron chi connectivity index (χ2n) is 8.95. The molecule has 1 aliphatic carbocycles. The molecule has 2 heterocycles. The van der Waals surface area contributed by atoms with E-state index < -0.39 is 0 Å². The number of hydrogen-bond donors (Lipinski definition) is 0. The third-order valence-corrected chi connectivity index (χ3v) is 6.96. The van der Waals surface area contributed by atoms with E-state index in [0.717, 1.165) is 50.7 Å². The standard InChI is InChI=1S/C25H31N5S/c1-20-7-5-6-10-23(20)18-27-13-15-28(16-14-27)19-30-25(31)29(24(26-30)22-11-12-22)17-21-8-3-2-4-9-21/h2-10,22H,11-19H2,1H3. The van der Waals surface area contributed by atoms with Crippen LogP contribution in [0.3, 0.4) is 0 Å². The molecule has 5 nitrogen and oxygen atoms in total. The van der Waals surface area contributed by atoms with Crippen LogP contribution in [0.1, 0.15) is 41.3 Å². The van der Waals surface area contributed by atoms with Crippen LogP contribution >= 0.6 is 12.2 Å². The molecule has 1 saturated carbocycles. The fraction of sp³-hybridized carbons (Fsp3) is 0.440. The Kier molecular flexibility index (Phi) is 6.03. The van der Waals surface area contributed by atoms with Gasteiger partial charge < -0.3 is 0 Å². The molecule has 0 radical (unpaired) electrons. The largest absolute Gasteiger partial charge is 0.299 e. The molecule has 0 N–H and O–H groups in total. The fourth-order valence-electron chi connectivity index (χ4n) is 4.41. The lowest BCUT2D eigenvalue weighted by Crippen LogP contribution is -2.46. The smallest absolute Gasteiger partial charge is 0.199 e. The predicted octanol–water partition coefficient (Wildman–Crippen LogP) is 4.42. The molecule has 162 valence electrons. The van der Waals surface area contributed by atoms with Crippen molar-refractivity contribution in [2.75, 3.05) is 26.2 Å². The van der Waals surface area contributed by atoms with Crippen LogP contribution in [0.15, 0.2) is 54.6 Å². The normalized spacial score (nSPS) is 17.8. The van der Waals surface area contributed by atoms with E-state index in [9.17, 15) is 0 Å². The van der Waals surface area contributed by atoms with Crippen molar-refractivity contribution in [3.05, 3.63) is 81.9 Å². The summed E-state index contributed by atoms with van der Waals surface area (Å²) in [4.78, 5) is 5.04. The summed E-state index contributed by atoms with van der Waals surface area (Å²) in [5.41, 5.74) is 4.10. The molecule has 2 aliphatic rings. The maximum absolute atomic E-state index is 5.88.